The van der Waals surface area contributed by atoms with E-state index in [0.717, 1.165) is 32.1 Å². The van der Waals surface area contributed by atoms with Crippen LogP contribution in [0.5, 0.6) is 0 Å². The molecule has 0 unspecified atom stereocenters. The molecule has 0 aliphatic heterocycles. The number of aryl methyl sites for hydroxylation is 1. The Kier molecular flexibility index (Phi) is 3.20. The summed E-state index contributed by atoms with van der Waals surface area (Å²) in [6.07, 6.45) is 7.99. The zero-order chi connectivity index (χ0) is 10.6. The summed E-state index contributed by atoms with van der Waals surface area (Å²) in [5, 5.41) is 0. The van der Waals surface area contributed by atoms with E-state index in [2.05, 4.69) is 24.3 Å². The number of benzene rings is 1. The molecule has 0 aromatic heterocycles. The third-order valence-corrected chi connectivity index (χ3v) is 3.58. The highest BCUT2D eigenvalue weighted by molar-refractivity contribution is 5.60. The minimum atomic E-state index is 0.0643. The van der Waals surface area contributed by atoms with Gasteiger partial charge in [0.05, 0.1) is 0 Å². The highest BCUT2D eigenvalue weighted by Crippen LogP contribution is 2.42. The largest absolute Gasteiger partial charge is 0.303 e. The van der Waals surface area contributed by atoms with E-state index in [0.29, 0.717) is 0 Å². The molecule has 1 aromatic rings. The molecule has 0 bridgehead atoms. The van der Waals surface area contributed by atoms with Gasteiger partial charge < -0.3 is 4.79 Å². The van der Waals surface area contributed by atoms with Crippen LogP contribution in [0.3, 0.4) is 0 Å². The Bertz CT molecular complexity index is 311. The van der Waals surface area contributed by atoms with E-state index in [4.69, 9.17) is 0 Å². The molecule has 1 nitrogen and oxygen atoms in total. The van der Waals surface area contributed by atoms with Crippen LogP contribution in [-0.4, -0.2) is 6.29 Å². The summed E-state index contributed by atoms with van der Waals surface area (Å²) in [6.45, 7) is 0. The predicted molar refractivity (Wildman–Crippen MR) is 61.7 cm³/mol. The maximum atomic E-state index is 11.0. The molecule has 2 rings (SSSR count). The Labute approximate surface area is 91.5 Å². The molecule has 1 aliphatic carbocycles. The third-order valence-electron chi connectivity index (χ3n) is 3.58. The average molecular weight is 202 g/mol. The van der Waals surface area contributed by atoms with Crippen molar-refractivity contribution in [1.82, 2.24) is 0 Å². The van der Waals surface area contributed by atoms with Crippen molar-refractivity contribution in [1.29, 1.82) is 0 Å². The molecule has 0 amide bonds. The van der Waals surface area contributed by atoms with Gasteiger partial charge in [-0.25, -0.2) is 0 Å². The summed E-state index contributed by atoms with van der Waals surface area (Å²) in [6, 6.07) is 10.5. The van der Waals surface area contributed by atoms with Crippen molar-refractivity contribution < 1.29 is 4.79 Å². The Morgan fingerprint density at radius 2 is 1.93 bits per heavy atom. The van der Waals surface area contributed by atoms with E-state index < -0.39 is 0 Å². The molecule has 0 N–H and O–H groups in total. The number of carbonyl (C=O) groups is 1. The zero-order valence-electron chi connectivity index (χ0n) is 9.11. The van der Waals surface area contributed by atoms with Crippen molar-refractivity contribution in [3.63, 3.8) is 0 Å². The number of hydrogen-bond acceptors (Lipinski definition) is 1. The summed E-state index contributed by atoms with van der Waals surface area (Å²) in [5.41, 5.74) is 1.45. The smallest absolute Gasteiger partial charge is 0.126 e. The molecule has 80 valence electrons. The van der Waals surface area contributed by atoms with Gasteiger partial charge in [-0.3, -0.25) is 0 Å². The molecule has 1 saturated carbocycles. The Morgan fingerprint density at radius 1 is 1.20 bits per heavy atom. The van der Waals surface area contributed by atoms with Crippen LogP contribution < -0.4 is 0 Å². The van der Waals surface area contributed by atoms with E-state index in [-0.39, 0.29) is 5.41 Å². The Balaban J connectivity index is 1.77. The van der Waals surface area contributed by atoms with E-state index in [1.165, 1.54) is 18.3 Å². The summed E-state index contributed by atoms with van der Waals surface area (Å²) in [5.74, 6) is 0. The predicted octanol–water partition coefficient (Wildman–Crippen LogP) is 3.38. The molecule has 0 atom stereocenters. The first-order chi connectivity index (χ1) is 7.35. The van der Waals surface area contributed by atoms with Gasteiger partial charge in [0.15, 0.2) is 0 Å². The van der Waals surface area contributed by atoms with Crippen molar-refractivity contribution in [2.75, 3.05) is 0 Å². The molecule has 1 aromatic carbocycles. The second-order valence-corrected chi connectivity index (χ2v) is 4.67. The number of hydrogen-bond donors (Lipinski definition) is 0. The van der Waals surface area contributed by atoms with Crippen molar-refractivity contribution in [3.05, 3.63) is 35.9 Å². The van der Waals surface area contributed by atoms with Gasteiger partial charge in [0.1, 0.15) is 6.29 Å². The summed E-state index contributed by atoms with van der Waals surface area (Å²) in [4.78, 5) is 11.0. The third kappa shape index (κ3) is 2.47. The second-order valence-electron chi connectivity index (χ2n) is 4.67. The fourth-order valence-corrected chi connectivity index (χ4v) is 2.35. The van der Waals surface area contributed by atoms with Crippen molar-refractivity contribution in [2.24, 2.45) is 5.41 Å². The van der Waals surface area contributed by atoms with Gasteiger partial charge in [0.25, 0.3) is 0 Å². The lowest BCUT2D eigenvalue weighted by molar-refractivity contribution is -0.121. The zero-order valence-corrected chi connectivity index (χ0v) is 9.11. The van der Waals surface area contributed by atoms with Gasteiger partial charge in [-0.15, -0.1) is 0 Å². The molecule has 0 heterocycles. The monoisotopic (exact) mass is 202 g/mol. The van der Waals surface area contributed by atoms with Gasteiger partial charge in [-0.2, -0.15) is 0 Å². The van der Waals surface area contributed by atoms with E-state index in [1.807, 2.05) is 6.07 Å². The minimum Gasteiger partial charge on any atom is -0.303 e. The number of rotatable bonds is 5. The van der Waals surface area contributed by atoms with Crippen LogP contribution >= 0.6 is 0 Å². The number of aldehydes is 1. The van der Waals surface area contributed by atoms with Crippen molar-refractivity contribution in [3.8, 4) is 0 Å². The summed E-state index contributed by atoms with van der Waals surface area (Å²) in [7, 11) is 0. The number of carbonyl (C=O) groups excluding carboxylic acids is 1. The van der Waals surface area contributed by atoms with Crippen LogP contribution in [0.4, 0.5) is 0 Å². The van der Waals surface area contributed by atoms with E-state index in [1.54, 1.807) is 0 Å². The van der Waals surface area contributed by atoms with E-state index >= 15 is 0 Å². The topological polar surface area (TPSA) is 17.1 Å². The maximum absolute atomic E-state index is 11.0. The lowest BCUT2D eigenvalue weighted by Gasteiger charge is -2.36. The molecule has 0 radical (unpaired) electrons. The Morgan fingerprint density at radius 3 is 2.47 bits per heavy atom. The van der Waals surface area contributed by atoms with Crippen molar-refractivity contribution >= 4 is 6.29 Å². The van der Waals surface area contributed by atoms with Crippen molar-refractivity contribution in [2.45, 2.75) is 38.5 Å². The van der Waals surface area contributed by atoms with Crippen LogP contribution in [0.2, 0.25) is 0 Å². The lowest BCUT2D eigenvalue weighted by atomic mass is 9.67. The van der Waals surface area contributed by atoms with E-state index in [9.17, 15) is 4.79 Å². The fraction of sp³-hybridized carbons (Fsp3) is 0.500. The molecule has 1 aliphatic rings. The second kappa shape index (κ2) is 4.61. The summed E-state index contributed by atoms with van der Waals surface area (Å²) >= 11 is 0. The van der Waals surface area contributed by atoms with Gasteiger partial charge in [-0.1, -0.05) is 36.8 Å². The normalized spacial score (nSPS) is 18.1. The summed E-state index contributed by atoms with van der Waals surface area (Å²) < 4.78 is 0. The van der Waals surface area contributed by atoms with Gasteiger partial charge >= 0.3 is 0 Å². The highest BCUT2D eigenvalue weighted by atomic mass is 16.1. The fourth-order valence-electron chi connectivity index (χ4n) is 2.35. The van der Waals surface area contributed by atoms with Gasteiger partial charge in [0, 0.05) is 5.41 Å². The quantitative estimate of drug-likeness (QED) is 0.669. The molecule has 0 spiro atoms. The minimum absolute atomic E-state index is 0.0643. The Hall–Kier alpha value is -1.11. The standard InChI is InChI=1S/C14H18O/c15-12-14(10-5-11-14)9-4-8-13-6-2-1-3-7-13/h1-3,6-7,12H,4-5,8-11H2. The molecular weight excluding hydrogens is 184 g/mol. The maximum Gasteiger partial charge on any atom is 0.126 e. The van der Waals surface area contributed by atoms with Crippen LogP contribution in [-0.2, 0) is 11.2 Å². The molecule has 15 heavy (non-hydrogen) atoms. The molecular formula is C14H18O. The van der Waals surface area contributed by atoms with Crippen LogP contribution in [0.25, 0.3) is 0 Å². The first-order valence-corrected chi connectivity index (χ1v) is 5.85. The van der Waals surface area contributed by atoms with Crippen LogP contribution in [0.1, 0.15) is 37.7 Å². The lowest BCUT2D eigenvalue weighted by Crippen LogP contribution is -2.30. The SMILES string of the molecule is O=CC1(CCCc2ccccc2)CCC1. The molecule has 1 heteroatoms. The van der Waals surface area contributed by atoms with Gasteiger partial charge in [-0.05, 0) is 37.7 Å². The van der Waals surface area contributed by atoms with Gasteiger partial charge in [0.2, 0.25) is 0 Å². The average Bonchev–Trinajstić information content (AvgIpc) is 2.24. The first-order valence-electron chi connectivity index (χ1n) is 5.85. The van der Waals surface area contributed by atoms with Crippen LogP contribution in [0.15, 0.2) is 30.3 Å². The van der Waals surface area contributed by atoms with Crippen LogP contribution in [0, 0.1) is 5.41 Å². The molecule has 1 fully saturated rings. The first kappa shape index (κ1) is 10.4. The molecule has 0 saturated heterocycles. The highest BCUT2D eigenvalue weighted by Gasteiger charge is 2.35.